The van der Waals surface area contributed by atoms with Gasteiger partial charge in [0, 0.05) is 17.0 Å². The molecule has 5 nitrogen and oxygen atoms in total. The van der Waals surface area contributed by atoms with E-state index in [9.17, 15) is 13.2 Å². The van der Waals surface area contributed by atoms with Gasteiger partial charge in [0.1, 0.15) is 5.52 Å². The normalized spacial score (nSPS) is 15.9. The summed E-state index contributed by atoms with van der Waals surface area (Å²) in [5.41, 5.74) is -0.569. The van der Waals surface area contributed by atoms with Crippen LogP contribution in [0.3, 0.4) is 0 Å². The van der Waals surface area contributed by atoms with E-state index in [1.54, 1.807) is 24.3 Å². The molecule has 1 aromatic carbocycles. The molecule has 4 aromatic rings. The lowest BCUT2D eigenvalue weighted by Gasteiger charge is -2.23. The average molecular weight is 449 g/mol. The molecule has 4 heterocycles. The van der Waals surface area contributed by atoms with Crippen molar-refractivity contribution in [3.8, 4) is 11.6 Å². The quantitative estimate of drug-likeness (QED) is 0.422. The Morgan fingerprint density at radius 3 is 2.68 bits per heavy atom. The van der Waals surface area contributed by atoms with Crippen LogP contribution >= 0.6 is 11.6 Å². The highest BCUT2D eigenvalue weighted by Gasteiger charge is 2.38. The number of alkyl halides is 3. The van der Waals surface area contributed by atoms with Crippen molar-refractivity contribution in [3.05, 3.63) is 47.3 Å². The number of rotatable bonds is 4. The van der Waals surface area contributed by atoms with Crippen molar-refractivity contribution < 1.29 is 17.6 Å². The van der Waals surface area contributed by atoms with Crippen molar-refractivity contribution in [2.45, 2.75) is 32.0 Å². The zero-order valence-electron chi connectivity index (χ0n) is 16.5. The SMILES string of the molecule is FC(F)(F)c1nc2cc(Cl)ccc2c2c1nc(-c1ccco1)n2CCC1CCNCC1. The van der Waals surface area contributed by atoms with Crippen LogP contribution in [0.25, 0.3) is 33.5 Å². The summed E-state index contributed by atoms with van der Waals surface area (Å²) in [6.45, 7) is 2.46. The van der Waals surface area contributed by atoms with Crippen molar-refractivity contribution in [1.29, 1.82) is 0 Å². The van der Waals surface area contributed by atoms with Gasteiger partial charge < -0.3 is 14.3 Å². The van der Waals surface area contributed by atoms with Gasteiger partial charge in [-0.3, -0.25) is 0 Å². The number of nitrogens with one attached hydrogen (secondary N) is 1. The van der Waals surface area contributed by atoms with E-state index in [2.05, 4.69) is 15.3 Å². The summed E-state index contributed by atoms with van der Waals surface area (Å²) in [5, 5.41) is 4.26. The number of halogens is 4. The van der Waals surface area contributed by atoms with Crippen molar-refractivity contribution in [2.75, 3.05) is 13.1 Å². The molecule has 0 aliphatic carbocycles. The molecule has 3 aromatic heterocycles. The Hall–Kier alpha value is -2.58. The fourth-order valence-corrected chi connectivity index (χ4v) is 4.52. The Morgan fingerprint density at radius 1 is 1.16 bits per heavy atom. The highest BCUT2D eigenvalue weighted by Crippen LogP contribution is 2.39. The predicted octanol–water partition coefficient (Wildman–Crippen LogP) is 5.91. The number of benzene rings is 1. The number of piperidine rings is 1. The van der Waals surface area contributed by atoms with E-state index >= 15 is 0 Å². The van der Waals surface area contributed by atoms with Gasteiger partial charge in [0.2, 0.25) is 0 Å². The summed E-state index contributed by atoms with van der Waals surface area (Å²) < 4.78 is 49.2. The molecule has 0 bridgehead atoms. The molecule has 1 N–H and O–H groups in total. The lowest BCUT2D eigenvalue weighted by atomic mass is 9.94. The van der Waals surface area contributed by atoms with E-state index in [1.165, 1.54) is 12.3 Å². The molecule has 31 heavy (non-hydrogen) atoms. The lowest BCUT2D eigenvalue weighted by molar-refractivity contribution is -0.139. The second-order valence-electron chi connectivity index (χ2n) is 7.86. The number of fused-ring (bicyclic) bond motifs is 3. The summed E-state index contributed by atoms with van der Waals surface area (Å²) in [4.78, 5) is 8.30. The second-order valence-corrected chi connectivity index (χ2v) is 8.30. The van der Waals surface area contributed by atoms with Crippen molar-refractivity contribution >= 4 is 33.5 Å². The molecular weight excluding hydrogens is 429 g/mol. The average Bonchev–Trinajstić information content (AvgIpc) is 3.39. The summed E-state index contributed by atoms with van der Waals surface area (Å²) >= 11 is 6.06. The predicted molar refractivity (Wildman–Crippen MR) is 113 cm³/mol. The van der Waals surface area contributed by atoms with Gasteiger partial charge in [0.05, 0.1) is 17.3 Å². The molecule has 0 spiro atoms. The van der Waals surface area contributed by atoms with Gasteiger partial charge in [-0.2, -0.15) is 13.2 Å². The number of hydrogen-bond donors (Lipinski definition) is 1. The van der Waals surface area contributed by atoms with Gasteiger partial charge in [-0.05, 0) is 68.6 Å². The largest absolute Gasteiger partial charge is 0.461 e. The van der Waals surface area contributed by atoms with Crippen LogP contribution in [0, 0.1) is 5.92 Å². The molecule has 0 saturated carbocycles. The summed E-state index contributed by atoms with van der Waals surface area (Å²) in [7, 11) is 0. The first kappa shape index (κ1) is 20.3. The van der Waals surface area contributed by atoms with Crippen LogP contribution in [0.15, 0.2) is 41.0 Å². The first-order chi connectivity index (χ1) is 14.9. The van der Waals surface area contributed by atoms with E-state index in [-0.39, 0.29) is 11.0 Å². The number of aryl methyl sites for hydroxylation is 1. The topological polar surface area (TPSA) is 55.9 Å². The fourth-order valence-electron chi connectivity index (χ4n) is 4.35. The highest BCUT2D eigenvalue weighted by molar-refractivity contribution is 6.31. The van der Waals surface area contributed by atoms with Gasteiger partial charge >= 0.3 is 6.18 Å². The van der Waals surface area contributed by atoms with Crippen molar-refractivity contribution in [2.24, 2.45) is 5.92 Å². The van der Waals surface area contributed by atoms with Crippen LogP contribution in [0.5, 0.6) is 0 Å². The number of furan rings is 1. The molecule has 5 rings (SSSR count). The molecule has 0 atom stereocenters. The maximum atomic E-state index is 13.9. The van der Waals surface area contributed by atoms with Crippen LogP contribution in [-0.4, -0.2) is 27.6 Å². The van der Waals surface area contributed by atoms with Crippen LogP contribution in [-0.2, 0) is 12.7 Å². The number of pyridine rings is 1. The van der Waals surface area contributed by atoms with E-state index in [1.807, 2.05) is 4.57 Å². The van der Waals surface area contributed by atoms with Crippen molar-refractivity contribution in [3.63, 3.8) is 0 Å². The Morgan fingerprint density at radius 2 is 1.97 bits per heavy atom. The first-order valence-electron chi connectivity index (χ1n) is 10.2. The van der Waals surface area contributed by atoms with E-state index in [0.29, 0.717) is 40.0 Å². The maximum absolute atomic E-state index is 13.9. The van der Waals surface area contributed by atoms with Gasteiger partial charge in [0.15, 0.2) is 17.3 Å². The summed E-state index contributed by atoms with van der Waals surface area (Å²) in [6.07, 6.45) is -0.210. The smallest absolute Gasteiger partial charge is 0.435 e. The molecule has 1 fully saturated rings. The third-order valence-electron chi connectivity index (χ3n) is 5.87. The molecule has 0 unspecified atom stereocenters. The van der Waals surface area contributed by atoms with Gasteiger partial charge in [-0.25, -0.2) is 9.97 Å². The third kappa shape index (κ3) is 3.78. The number of hydrogen-bond acceptors (Lipinski definition) is 4. The third-order valence-corrected chi connectivity index (χ3v) is 6.10. The van der Waals surface area contributed by atoms with E-state index in [0.717, 1.165) is 32.4 Å². The van der Waals surface area contributed by atoms with Gasteiger partial charge in [-0.15, -0.1) is 0 Å². The molecule has 162 valence electrons. The van der Waals surface area contributed by atoms with Crippen molar-refractivity contribution in [1.82, 2.24) is 19.9 Å². The summed E-state index contributed by atoms with van der Waals surface area (Å²) in [5.74, 6) is 1.31. The van der Waals surface area contributed by atoms with Crippen LogP contribution < -0.4 is 5.32 Å². The van der Waals surface area contributed by atoms with Crippen LogP contribution in [0.2, 0.25) is 5.02 Å². The minimum Gasteiger partial charge on any atom is -0.461 e. The molecule has 1 aliphatic rings. The Bertz CT molecular complexity index is 1230. The Balaban J connectivity index is 1.75. The zero-order chi connectivity index (χ0) is 21.6. The molecular formula is C22H20ClF3N4O. The highest BCUT2D eigenvalue weighted by atomic mass is 35.5. The molecule has 9 heteroatoms. The van der Waals surface area contributed by atoms with Gasteiger partial charge in [0.25, 0.3) is 0 Å². The molecule has 1 aliphatic heterocycles. The Labute approximate surface area is 181 Å². The summed E-state index contributed by atoms with van der Waals surface area (Å²) in [6, 6.07) is 8.24. The second kappa shape index (κ2) is 7.84. The van der Waals surface area contributed by atoms with Crippen LogP contribution in [0.4, 0.5) is 13.2 Å². The minimum absolute atomic E-state index is 0.168. The number of imidazole rings is 1. The first-order valence-corrected chi connectivity index (χ1v) is 10.6. The molecule has 1 saturated heterocycles. The van der Waals surface area contributed by atoms with E-state index in [4.69, 9.17) is 16.0 Å². The number of nitrogens with zero attached hydrogens (tertiary/aromatic N) is 3. The Kier molecular flexibility index (Phi) is 5.14. The fraction of sp³-hybridized carbons (Fsp3) is 0.364. The number of aromatic nitrogens is 3. The van der Waals surface area contributed by atoms with Crippen LogP contribution in [0.1, 0.15) is 25.0 Å². The minimum atomic E-state index is -4.65. The zero-order valence-corrected chi connectivity index (χ0v) is 17.3. The maximum Gasteiger partial charge on any atom is 0.435 e. The molecule has 0 amide bonds. The monoisotopic (exact) mass is 448 g/mol. The van der Waals surface area contributed by atoms with Gasteiger partial charge in [-0.1, -0.05) is 11.6 Å². The lowest BCUT2D eigenvalue weighted by Crippen LogP contribution is -2.28. The standard InChI is InChI=1S/C22H20ClF3N4O/c23-14-3-4-15-16(12-14)28-20(22(24,25)26)18-19(15)30(10-7-13-5-8-27-9-6-13)21(29-18)17-2-1-11-31-17/h1-4,11-13,27H,5-10H2. The molecule has 0 radical (unpaired) electrons. The van der Waals surface area contributed by atoms with E-state index < -0.39 is 11.9 Å².